The highest BCUT2D eigenvalue weighted by atomic mass is 16.6. The lowest BCUT2D eigenvalue weighted by Crippen LogP contribution is -2.32. The molecule has 1 unspecified atom stereocenters. The van der Waals surface area contributed by atoms with Crippen LogP contribution in [0.25, 0.3) is 0 Å². The smallest absolute Gasteiger partial charge is 0.164 e. The molecule has 0 saturated carbocycles. The minimum absolute atomic E-state index is 0.322. The lowest BCUT2D eigenvalue weighted by molar-refractivity contribution is 0.103. The Hall–Kier alpha value is -1.03. The van der Waals surface area contributed by atoms with E-state index in [1.807, 2.05) is 0 Å². The summed E-state index contributed by atoms with van der Waals surface area (Å²) in [6.07, 6.45) is 5.69. The van der Waals surface area contributed by atoms with Crippen LogP contribution >= 0.6 is 0 Å². The van der Waals surface area contributed by atoms with Crippen molar-refractivity contribution in [2.75, 3.05) is 6.54 Å². The summed E-state index contributed by atoms with van der Waals surface area (Å²) in [5.74, 6) is 0.894. The fraction of sp³-hybridized carbons (Fsp3) is 0.571. The van der Waals surface area contributed by atoms with E-state index in [0.717, 1.165) is 25.1 Å². The summed E-state index contributed by atoms with van der Waals surface area (Å²) >= 11 is 0. The summed E-state index contributed by atoms with van der Waals surface area (Å²) in [7, 11) is 0. The lowest BCUT2D eigenvalue weighted by Gasteiger charge is -2.18. The third-order valence-corrected chi connectivity index (χ3v) is 1.86. The molecule has 2 heterocycles. The first-order valence-corrected chi connectivity index (χ1v) is 3.84. The summed E-state index contributed by atoms with van der Waals surface area (Å²) in [5.41, 5.74) is 2.86. The van der Waals surface area contributed by atoms with Gasteiger partial charge in [-0.2, -0.15) is 5.48 Å². The third-order valence-electron chi connectivity index (χ3n) is 1.86. The van der Waals surface area contributed by atoms with Crippen molar-refractivity contribution in [3.05, 3.63) is 12.0 Å². The minimum Gasteiger partial charge on any atom is -0.409 e. The van der Waals surface area contributed by atoms with Gasteiger partial charge in [0.2, 0.25) is 0 Å². The second-order valence-corrected chi connectivity index (χ2v) is 2.67. The molecular formula is C7H11N3O. The lowest BCUT2D eigenvalue weighted by atomic mass is 10.1. The van der Waals surface area contributed by atoms with Crippen LogP contribution in [0.15, 0.2) is 17.0 Å². The monoisotopic (exact) mass is 153 g/mol. The number of rotatable bonds is 0. The fourth-order valence-electron chi connectivity index (χ4n) is 1.25. The SMILES string of the molecule is C1=NC=C2ONCCCC2N1. The number of nitrogens with zero attached hydrogens (tertiary/aromatic N) is 1. The molecule has 1 atom stereocenters. The largest absolute Gasteiger partial charge is 0.409 e. The van der Waals surface area contributed by atoms with Gasteiger partial charge in [0.05, 0.1) is 18.6 Å². The number of hydroxylamine groups is 1. The van der Waals surface area contributed by atoms with E-state index in [1.165, 1.54) is 0 Å². The highest BCUT2D eigenvalue weighted by Gasteiger charge is 2.19. The summed E-state index contributed by atoms with van der Waals surface area (Å²) in [6.45, 7) is 0.912. The normalized spacial score (nSPS) is 29.1. The molecule has 2 aliphatic heterocycles. The van der Waals surface area contributed by atoms with E-state index < -0.39 is 0 Å². The third kappa shape index (κ3) is 1.35. The molecular weight excluding hydrogens is 142 g/mol. The van der Waals surface area contributed by atoms with E-state index in [-0.39, 0.29) is 0 Å². The van der Waals surface area contributed by atoms with Crippen LogP contribution in [0, 0.1) is 0 Å². The molecule has 0 amide bonds. The molecule has 0 spiro atoms. The molecule has 4 nitrogen and oxygen atoms in total. The van der Waals surface area contributed by atoms with Crippen LogP contribution < -0.4 is 10.8 Å². The van der Waals surface area contributed by atoms with Crippen molar-refractivity contribution in [1.82, 2.24) is 10.8 Å². The Morgan fingerprint density at radius 3 is 3.64 bits per heavy atom. The van der Waals surface area contributed by atoms with Gasteiger partial charge in [-0.05, 0) is 12.8 Å². The van der Waals surface area contributed by atoms with E-state index in [2.05, 4.69) is 15.8 Å². The van der Waals surface area contributed by atoms with Crippen LogP contribution in [-0.4, -0.2) is 18.9 Å². The van der Waals surface area contributed by atoms with Gasteiger partial charge in [-0.1, -0.05) is 0 Å². The topological polar surface area (TPSA) is 45.6 Å². The van der Waals surface area contributed by atoms with Gasteiger partial charge in [0.15, 0.2) is 5.76 Å². The molecule has 11 heavy (non-hydrogen) atoms. The predicted molar refractivity (Wildman–Crippen MR) is 41.8 cm³/mol. The van der Waals surface area contributed by atoms with Crippen molar-refractivity contribution in [3.8, 4) is 0 Å². The first kappa shape index (κ1) is 6.67. The van der Waals surface area contributed by atoms with Crippen LogP contribution in [0.2, 0.25) is 0 Å². The number of nitrogens with one attached hydrogen (secondary N) is 2. The van der Waals surface area contributed by atoms with Crippen molar-refractivity contribution in [1.29, 1.82) is 0 Å². The quantitative estimate of drug-likeness (QED) is 0.520. The minimum atomic E-state index is 0.322. The van der Waals surface area contributed by atoms with Crippen molar-refractivity contribution in [2.24, 2.45) is 4.99 Å². The van der Waals surface area contributed by atoms with Crippen LogP contribution in [0.5, 0.6) is 0 Å². The molecule has 1 saturated heterocycles. The van der Waals surface area contributed by atoms with Crippen molar-refractivity contribution < 1.29 is 4.84 Å². The number of hydrogen-bond donors (Lipinski definition) is 2. The highest BCUT2D eigenvalue weighted by Crippen LogP contribution is 2.13. The zero-order valence-corrected chi connectivity index (χ0v) is 6.21. The second kappa shape index (κ2) is 2.92. The summed E-state index contributed by atoms with van der Waals surface area (Å²) in [5, 5.41) is 3.14. The van der Waals surface area contributed by atoms with Gasteiger partial charge in [-0.15, -0.1) is 0 Å². The fourth-order valence-corrected chi connectivity index (χ4v) is 1.25. The molecule has 0 aromatic heterocycles. The Labute approximate surface area is 65.3 Å². The van der Waals surface area contributed by atoms with Gasteiger partial charge >= 0.3 is 0 Å². The Morgan fingerprint density at radius 1 is 1.64 bits per heavy atom. The Balaban J connectivity index is 2.11. The zero-order chi connectivity index (χ0) is 7.52. The number of hydrogen-bond acceptors (Lipinski definition) is 4. The maximum Gasteiger partial charge on any atom is 0.164 e. The van der Waals surface area contributed by atoms with Crippen LogP contribution in [0.3, 0.4) is 0 Å². The molecule has 0 aliphatic carbocycles. The highest BCUT2D eigenvalue weighted by molar-refractivity contribution is 5.58. The molecule has 4 heteroatoms. The van der Waals surface area contributed by atoms with Gasteiger partial charge in [0.1, 0.15) is 0 Å². The standard InChI is InChI=1S/C7H11N3O/c1-2-6-7(11-10-3-1)4-8-5-9-6/h4-6,10H,1-3H2,(H,8,9). The maximum absolute atomic E-state index is 5.24. The van der Waals surface area contributed by atoms with E-state index in [0.29, 0.717) is 6.04 Å². The molecule has 0 aromatic rings. The Bertz CT molecular complexity index is 200. The van der Waals surface area contributed by atoms with E-state index in [1.54, 1.807) is 12.5 Å². The Morgan fingerprint density at radius 2 is 2.64 bits per heavy atom. The predicted octanol–water partition coefficient (Wildman–Crippen LogP) is 0.143. The average molecular weight is 153 g/mol. The molecule has 2 N–H and O–H groups in total. The molecule has 60 valence electrons. The first-order chi connectivity index (χ1) is 5.47. The van der Waals surface area contributed by atoms with Gasteiger partial charge < -0.3 is 10.2 Å². The molecule has 1 fully saturated rings. The molecule has 2 rings (SSSR count). The van der Waals surface area contributed by atoms with E-state index in [4.69, 9.17) is 4.84 Å². The first-order valence-electron chi connectivity index (χ1n) is 3.84. The van der Waals surface area contributed by atoms with E-state index >= 15 is 0 Å². The molecule has 2 aliphatic rings. The van der Waals surface area contributed by atoms with Crippen molar-refractivity contribution >= 4 is 6.34 Å². The maximum atomic E-state index is 5.24. The van der Waals surface area contributed by atoms with E-state index in [9.17, 15) is 0 Å². The average Bonchev–Trinajstić information content (AvgIpc) is 2.28. The van der Waals surface area contributed by atoms with Gasteiger partial charge in [0, 0.05) is 6.54 Å². The van der Waals surface area contributed by atoms with Crippen molar-refractivity contribution in [3.63, 3.8) is 0 Å². The number of fused-ring (bicyclic) bond motifs is 1. The summed E-state index contributed by atoms with van der Waals surface area (Å²) in [6, 6.07) is 0.322. The van der Waals surface area contributed by atoms with Crippen LogP contribution in [0.1, 0.15) is 12.8 Å². The van der Waals surface area contributed by atoms with Crippen molar-refractivity contribution in [2.45, 2.75) is 18.9 Å². The Kier molecular flexibility index (Phi) is 1.77. The zero-order valence-electron chi connectivity index (χ0n) is 6.21. The van der Waals surface area contributed by atoms with Gasteiger partial charge in [-0.3, -0.25) is 0 Å². The van der Waals surface area contributed by atoms with Gasteiger partial charge in [0.25, 0.3) is 0 Å². The molecule has 0 aromatic carbocycles. The summed E-state index contributed by atoms with van der Waals surface area (Å²) < 4.78 is 0. The van der Waals surface area contributed by atoms with Crippen LogP contribution in [-0.2, 0) is 4.84 Å². The number of aliphatic imine (C=N–C) groups is 1. The summed E-state index contributed by atoms with van der Waals surface area (Å²) in [4.78, 5) is 9.18. The van der Waals surface area contributed by atoms with Crippen LogP contribution in [0.4, 0.5) is 0 Å². The second-order valence-electron chi connectivity index (χ2n) is 2.67. The van der Waals surface area contributed by atoms with Gasteiger partial charge in [-0.25, -0.2) is 4.99 Å². The molecule has 0 radical (unpaired) electrons. The molecule has 0 bridgehead atoms.